The Morgan fingerprint density at radius 3 is 3.17 bits per heavy atom. The van der Waals surface area contributed by atoms with Crippen LogP contribution >= 0.6 is 0 Å². The summed E-state index contributed by atoms with van der Waals surface area (Å²) in [6.07, 6.45) is 0.677. The van der Waals surface area contributed by atoms with Crippen LogP contribution in [0.5, 0.6) is 0 Å². The normalized spacial score (nSPS) is 23.6. The Bertz CT molecular complexity index is 144. The molecule has 0 aromatic carbocycles. The zero-order valence-electron chi connectivity index (χ0n) is 7.43. The molecule has 4 heteroatoms. The first-order chi connectivity index (χ1) is 5.84. The van der Waals surface area contributed by atoms with Crippen LogP contribution in [0.4, 0.5) is 0 Å². The fourth-order valence-corrected chi connectivity index (χ4v) is 1.10. The lowest BCUT2D eigenvalue weighted by atomic mass is 10.3. The molecule has 4 nitrogen and oxygen atoms in total. The van der Waals surface area contributed by atoms with Crippen LogP contribution in [0.3, 0.4) is 0 Å². The van der Waals surface area contributed by atoms with Crippen LogP contribution in [-0.4, -0.2) is 38.3 Å². The molecule has 0 aromatic heterocycles. The van der Waals surface area contributed by atoms with Crippen molar-refractivity contribution in [2.75, 3.05) is 26.2 Å². The smallest absolute Gasteiger partial charge is 0.250 e. The third-order valence-corrected chi connectivity index (χ3v) is 1.77. The van der Waals surface area contributed by atoms with Crippen molar-refractivity contribution in [3.8, 4) is 0 Å². The highest BCUT2D eigenvalue weighted by Gasteiger charge is 2.20. The number of hydrogen-bond acceptors (Lipinski definition) is 3. The van der Waals surface area contributed by atoms with Gasteiger partial charge in [-0.15, -0.1) is 0 Å². The SMILES string of the molecule is CCCNC(=O)C1CNCCO1. The molecule has 0 bridgehead atoms. The minimum absolute atomic E-state index is 0.00375. The molecule has 1 saturated heterocycles. The molecule has 0 spiro atoms. The lowest BCUT2D eigenvalue weighted by molar-refractivity contribution is -0.134. The molecule has 1 heterocycles. The van der Waals surface area contributed by atoms with E-state index in [0.29, 0.717) is 13.2 Å². The fourth-order valence-electron chi connectivity index (χ4n) is 1.10. The number of nitrogens with one attached hydrogen (secondary N) is 2. The molecule has 1 rings (SSSR count). The van der Waals surface area contributed by atoms with Gasteiger partial charge in [-0.05, 0) is 6.42 Å². The van der Waals surface area contributed by atoms with Gasteiger partial charge in [0.1, 0.15) is 6.10 Å². The van der Waals surface area contributed by atoms with Crippen molar-refractivity contribution in [1.82, 2.24) is 10.6 Å². The van der Waals surface area contributed by atoms with E-state index in [4.69, 9.17) is 4.74 Å². The van der Waals surface area contributed by atoms with Gasteiger partial charge in [-0.25, -0.2) is 0 Å². The Morgan fingerprint density at radius 1 is 1.75 bits per heavy atom. The van der Waals surface area contributed by atoms with Gasteiger partial charge >= 0.3 is 0 Å². The first-order valence-corrected chi connectivity index (χ1v) is 4.44. The second-order valence-corrected chi connectivity index (χ2v) is 2.85. The van der Waals surface area contributed by atoms with Crippen LogP contribution in [0.2, 0.25) is 0 Å². The van der Waals surface area contributed by atoms with Gasteiger partial charge in [-0.1, -0.05) is 6.92 Å². The van der Waals surface area contributed by atoms with Crippen LogP contribution in [0.1, 0.15) is 13.3 Å². The molecule has 0 radical (unpaired) electrons. The van der Waals surface area contributed by atoms with Gasteiger partial charge in [0.05, 0.1) is 6.61 Å². The molecule has 12 heavy (non-hydrogen) atoms. The zero-order chi connectivity index (χ0) is 8.81. The summed E-state index contributed by atoms with van der Waals surface area (Å²) >= 11 is 0. The van der Waals surface area contributed by atoms with Crippen molar-refractivity contribution >= 4 is 5.91 Å². The third-order valence-electron chi connectivity index (χ3n) is 1.77. The van der Waals surface area contributed by atoms with Gasteiger partial charge in [0.15, 0.2) is 0 Å². The first kappa shape index (κ1) is 9.48. The summed E-state index contributed by atoms with van der Waals surface area (Å²) in [5, 5.41) is 5.90. The topological polar surface area (TPSA) is 50.4 Å². The Kier molecular flexibility index (Phi) is 4.04. The van der Waals surface area contributed by atoms with Gasteiger partial charge in [-0.2, -0.15) is 0 Å². The van der Waals surface area contributed by atoms with Crippen LogP contribution in [0.15, 0.2) is 0 Å². The molecule has 1 amide bonds. The van der Waals surface area contributed by atoms with Crippen LogP contribution < -0.4 is 10.6 Å². The van der Waals surface area contributed by atoms with Crippen molar-refractivity contribution in [3.63, 3.8) is 0 Å². The van der Waals surface area contributed by atoms with Crippen molar-refractivity contribution in [1.29, 1.82) is 0 Å². The highest BCUT2D eigenvalue weighted by atomic mass is 16.5. The fraction of sp³-hybridized carbons (Fsp3) is 0.875. The predicted octanol–water partition coefficient (Wildman–Crippen LogP) is -0.499. The minimum Gasteiger partial charge on any atom is -0.366 e. The lowest BCUT2D eigenvalue weighted by Gasteiger charge is -2.22. The molecule has 2 N–H and O–H groups in total. The number of amides is 1. The number of morpholine rings is 1. The van der Waals surface area contributed by atoms with E-state index in [-0.39, 0.29) is 12.0 Å². The van der Waals surface area contributed by atoms with E-state index in [1.165, 1.54) is 0 Å². The van der Waals surface area contributed by atoms with E-state index in [2.05, 4.69) is 10.6 Å². The van der Waals surface area contributed by atoms with Gasteiger partial charge < -0.3 is 15.4 Å². The quantitative estimate of drug-likeness (QED) is 0.603. The van der Waals surface area contributed by atoms with Gasteiger partial charge in [0.25, 0.3) is 0 Å². The Balaban J connectivity index is 2.20. The molecular formula is C8H16N2O2. The van der Waals surface area contributed by atoms with E-state index in [1.807, 2.05) is 6.92 Å². The number of carbonyl (C=O) groups excluding carboxylic acids is 1. The van der Waals surface area contributed by atoms with E-state index in [1.54, 1.807) is 0 Å². The first-order valence-electron chi connectivity index (χ1n) is 4.44. The average Bonchev–Trinajstić information content (AvgIpc) is 2.15. The van der Waals surface area contributed by atoms with Crippen LogP contribution in [0.25, 0.3) is 0 Å². The number of carbonyl (C=O) groups is 1. The van der Waals surface area contributed by atoms with E-state index < -0.39 is 0 Å². The highest BCUT2D eigenvalue weighted by molar-refractivity contribution is 5.81. The summed E-state index contributed by atoms with van der Waals surface area (Å²) in [5.74, 6) is 0.00375. The summed E-state index contributed by atoms with van der Waals surface area (Å²) in [7, 11) is 0. The van der Waals surface area contributed by atoms with Crippen LogP contribution in [-0.2, 0) is 9.53 Å². The molecular weight excluding hydrogens is 156 g/mol. The Morgan fingerprint density at radius 2 is 2.58 bits per heavy atom. The molecule has 0 aromatic rings. The Labute approximate surface area is 72.7 Å². The largest absolute Gasteiger partial charge is 0.366 e. The number of ether oxygens (including phenoxy) is 1. The van der Waals surface area contributed by atoms with E-state index >= 15 is 0 Å². The van der Waals surface area contributed by atoms with E-state index in [9.17, 15) is 4.79 Å². The molecule has 70 valence electrons. The lowest BCUT2D eigenvalue weighted by Crippen LogP contribution is -2.47. The summed E-state index contributed by atoms with van der Waals surface area (Å²) in [6.45, 7) is 4.87. The predicted molar refractivity (Wildman–Crippen MR) is 45.9 cm³/mol. The molecule has 1 aliphatic rings. The third kappa shape index (κ3) is 2.79. The van der Waals surface area contributed by atoms with Gasteiger partial charge in [-0.3, -0.25) is 4.79 Å². The van der Waals surface area contributed by atoms with Crippen molar-refractivity contribution in [2.24, 2.45) is 0 Å². The molecule has 1 aliphatic heterocycles. The highest BCUT2D eigenvalue weighted by Crippen LogP contribution is 1.95. The molecule has 1 unspecified atom stereocenters. The minimum atomic E-state index is -0.287. The average molecular weight is 172 g/mol. The Hall–Kier alpha value is -0.610. The zero-order valence-corrected chi connectivity index (χ0v) is 7.43. The summed E-state index contributed by atoms with van der Waals surface area (Å²) < 4.78 is 5.26. The second-order valence-electron chi connectivity index (χ2n) is 2.85. The van der Waals surface area contributed by atoms with Crippen molar-refractivity contribution in [3.05, 3.63) is 0 Å². The number of rotatable bonds is 3. The van der Waals surface area contributed by atoms with Gasteiger partial charge in [0.2, 0.25) is 5.91 Å². The maximum Gasteiger partial charge on any atom is 0.250 e. The standard InChI is InChI=1S/C8H16N2O2/c1-2-3-10-8(11)7-6-9-4-5-12-7/h7,9H,2-6H2,1H3,(H,10,11). The summed E-state index contributed by atoms with van der Waals surface area (Å²) in [4.78, 5) is 11.3. The molecule has 0 saturated carbocycles. The molecule has 1 fully saturated rings. The maximum absolute atomic E-state index is 11.3. The van der Waals surface area contributed by atoms with E-state index in [0.717, 1.165) is 19.5 Å². The maximum atomic E-state index is 11.3. The molecule has 0 aliphatic carbocycles. The monoisotopic (exact) mass is 172 g/mol. The molecule has 1 atom stereocenters. The number of hydrogen-bond donors (Lipinski definition) is 2. The van der Waals surface area contributed by atoms with Crippen molar-refractivity contribution in [2.45, 2.75) is 19.4 Å². The van der Waals surface area contributed by atoms with Gasteiger partial charge in [0, 0.05) is 19.6 Å². The van der Waals surface area contributed by atoms with Crippen LogP contribution in [0, 0.1) is 0 Å². The second kappa shape index (κ2) is 5.11. The van der Waals surface area contributed by atoms with Crippen molar-refractivity contribution < 1.29 is 9.53 Å². The summed E-state index contributed by atoms with van der Waals surface area (Å²) in [5.41, 5.74) is 0. The summed E-state index contributed by atoms with van der Waals surface area (Å²) in [6, 6.07) is 0.